The second kappa shape index (κ2) is 15.9. The summed E-state index contributed by atoms with van der Waals surface area (Å²) < 4.78 is 0. The van der Waals surface area contributed by atoms with E-state index in [2.05, 4.69) is 126 Å². The molecule has 1 aromatic heterocycles. The van der Waals surface area contributed by atoms with Crippen LogP contribution in [0.1, 0.15) is 129 Å². The van der Waals surface area contributed by atoms with Gasteiger partial charge in [-0.25, -0.2) is 0 Å². The summed E-state index contributed by atoms with van der Waals surface area (Å²) in [5.41, 5.74) is 12.9. The molecule has 4 heteroatoms. The molecule has 0 saturated carbocycles. The van der Waals surface area contributed by atoms with Crippen LogP contribution in [0.25, 0.3) is 44.1 Å². The Labute approximate surface area is 331 Å². The topological polar surface area (TPSA) is 50.2 Å². The quantitative estimate of drug-likeness (QED) is 0.0694. The first-order chi connectivity index (χ1) is 24.8. The molecule has 5 aromatic rings. The molecule has 0 amide bonds. The fourth-order valence-corrected chi connectivity index (χ4v) is 8.92. The number of fused-ring (bicyclic) bond motifs is 7. The van der Waals surface area contributed by atoms with E-state index in [0.717, 1.165) is 42.5 Å². The van der Waals surface area contributed by atoms with E-state index in [-0.39, 0.29) is 54.3 Å². The minimum atomic E-state index is -0.154. The number of nitrogens with zero attached hydrogens (tertiary/aromatic N) is 1. The molecule has 0 atom stereocenters. The van der Waals surface area contributed by atoms with Gasteiger partial charge >= 0.3 is 0 Å². The monoisotopic (exact) mass is 883 g/mol. The molecule has 1 heterocycles. The smallest absolute Gasteiger partial charge is 0.162 e. The van der Waals surface area contributed by atoms with Crippen LogP contribution in [0.4, 0.5) is 0 Å². The standard InChI is InChI=1S/C36H32N.C13H24O2.Ir/c1-21(2)22-18-19-24-28(20-22)23-12-8-10-17-30(23)37-34(24)27-15-11-14-26-31(27)36(5,6)32-25-13-7-9-16-29(25)35(3,4)33(26)32;1-5-10(6-2)12(14)9-13(15)11(7-3)8-4;/h7-14,16-21H,1-6H3;9-11,14H,5-8H2,1-4H3;/q-1;;/b;12-9-;. The van der Waals surface area contributed by atoms with Crippen molar-refractivity contribution in [1.82, 2.24) is 4.98 Å². The van der Waals surface area contributed by atoms with Crippen molar-refractivity contribution in [3.05, 3.63) is 125 Å². The summed E-state index contributed by atoms with van der Waals surface area (Å²) in [6, 6.07) is 32.6. The van der Waals surface area contributed by atoms with Gasteiger partial charge in [0.25, 0.3) is 0 Å². The van der Waals surface area contributed by atoms with Gasteiger partial charge in [0.1, 0.15) is 0 Å². The minimum Gasteiger partial charge on any atom is -0.512 e. The molecule has 0 spiro atoms. The van der Waals surface area contributed by atoms with Crippen LogP contribution >= 0.6 is 0 Å². The maximum absolute atomic E-state index is 11.7. The Morgan fingerprint density at radius 3 is 2.04 bits per heavy atom. The van der Waals surface area contributed by atoms with Gasteiger partial charge in [0, 0.05) is 48.8 Å². The molecule has 0 saturated heterocycles. The number of aliphatic hydroxyl groups excluding tert-OH is 1. The van der Waals surface area contributed by atoms with Crippen LogP contribution in [0, 0.1) is 17.9 Å². The molecule has 3 nitrogen and oxygen atoms in total. The Bertz CT molecular complexity index is 2210. The van der Waals surface area contributed by atoms with Crippen molar-refractivity contribution in [1.29, 1.82) is 0 Å². The number of carbonyl (C=O) groups is 1. The van der Waals surface area contributed by atoms with E-state index in [1.807, 2.05) is 27.7 Å². The predicted octanol–water partition coefficient (Wildman–Crippen LogP) is 13.3. The largest absolute Gasteiger partial charge is 0.512 e. The third kappa shape index (κ3) is 6.99. The summed E-state index contributed by atoms with van der Waals surface area (Å²) in [5, 5.41) is 13.5. The van der Waals surface area contributed by atoms with Gasteiger partial charge in [0.05, 0.1) is 11.3 Å². The molecule has 0 bridgehead atoms. The van der Waals surface area contributed by atoms with Crippen molar-refractivity contribution in [2.45, 2.75) is 112 Å². The van der Waals surface area contributed by atoms with E-state index < -0.39 is 0 Å². The fraction of sp³-hybridized carbons (Fsp3) is 0.388. The van der Waals surface area contributed by atoms with Crippen molar-refractivity contribution >= 4 is 38.6 Å². The molecular formula is C49H56IrNO2-. The second-order valence-corrected chi connectivity index (χ2v) is 16.1. The zero-order valence-corrected chi connectivity index (χ0v) is 35.7. The van der Waals surface area contributed by atoms with Gasteiger partial charge < -0.3 is 5.11 Å². The third-order valence-corrected chi connectivity index (χ3v) is 12.0. The van der Waals surface area contributed by atoms with Crippen molar-refractivity contribution in [2.24, 2.45) is 11.8 Å². The molecule has 279 valence electrons. The summed E-state index contributed by atoms with van der Waals surface area (Å²) in [6.45, 7) is 22.1. The molecule has 4 aromatic carbocycles. The summed E-state index contributed by atoms with van der Waals surface area (Å²) in [7, 11) is 0. The summed E-state index contributed by atoms with van der Waals surface area (Å²) in [5.74, 6) is 1.02. The Balaban J connectivity index is 0.000000290. The van der Waals surface area contributed by atoms with Crippen LogP contribution in [0.3, 0.4) is 0 Å². The first-order valence-corrected chi connectivity index (χ1v) is 19.5. The number of aliphatic hydroxyl groups is 1. The van der Waals surface area contributed by atoms with Gasteiger partial charge in [-0.05, 0) is 87.4 Å². The van der Waals surface area contributed by atoms with Gasteiger partial charge in [0.2, 0.25) is 0 Å². The molecule has 0 fully saturated rings. The van der Waals surface area contributed by atoms with E-state index in [1.54, 1.807) is 0 Å². The molecule has 1 N–H and O–H groups in total. The number of para-hydroxylation sites is 1. The molecule has 2 aliphatic rings. The van der Waals surface area contributed by atoms with Gasteiger partial charge in [0.15, 0.2) is 5.78 Å². The number of carbonyl (C=O) groups excluding carboxylic acids is 1. The number of aromatic nitrogens is 1. The normalized spacial score (nSPS) is 15.4. The van der Waals surface area contributed by atoms with E-state index in [4.69, 9.17) is 4.98 Å². The number of hydrogen-bond acceptors (Lipinski definition) is 3. The number of hydrogen-bond donors (Lipinski definition) is 1. The Hall–Kier alpha value is -3.85. The average molecular weight is 883 g/mol. The first-order valence-electron chi connectivity index (χ1n) is 19.5. The molecule has 1 radical (unpaired) electrons. The number of pyridine rings is 1. The molecule has 7 rings (SSSR count). The average Bonchev–Trinajstić information content (AvgIpc) is 3.54. The summed E-state index contributed by atoms with van der Waals surface area (Å²) in [4.78, 5) is 17.0. The fourth-order valence-electron chi connectivity index (χ4n) is 8.92. The van der Waals surface area contributed by atoms with Gasteiger partial charge in [-0.1, -0.05) is 135 Å². The van der Waals surface area contributed by atoms with Crippen molar-refractivity contribution in [3.63, 3.8) is 0 Å². The second-order valence-electron chi connectivity index (χ2n) is 16.1. The molecule has 53 heavy (non-hydrogen) atoms. The molecule has 0 unspecified atom stereocenters. The van der Waals surface area contributed by atoms with Crippen molar-refractivity contribution in [3.8, 4) is 11.3 Å². The van der Waals surface area contributed by atoms with E-state index >= 15 is 0 Å². The Morgan fingerprint density at radius 2 is 1.38 bits per heavy atom. The maximum Gasteiger partial charge on any atom is 0.162 e. The maximum atomic E-state index is 11.7. The zero-order chi connectivity index (χ0) is 37.5. The van der Waals surface area contributed by atoms with E-state index in [9.17, 15) is 9.90 Å². The number of allylic oxidation sites excluding steroid dienone is 4. The van der Waals surface area contributed by atoms with Crippen LogP contribution in [-0.2, 0) is 35.7 Å². The van der Waals surface area contributed by atoms with Crippen molar-refractivity contribution in [2.75, 3.05) is 0 Å². The SMILES string of the molecule is CC(C)c1ccc2c(-c3[c-]ccc4c3C(C)(C)C3=C4C(C)(C)c4ccccc43)nc3ccccc3c2c1.CCC(CC)C(=O)/C=C(\O)C(CC)CC.[Ir]. The number of benzene rings is 4. The third-order valence-electron chi connectivity index (χ3n) is 12.0. The van der Waals surface area contributed by atoms with Crippen molar-refractivity contribution < 1.29 is 30.0 Å². The van der Waals surface area contributed by atoms with Gasteiger partial charge in [-0.3, -0.25) is 9.78 Å². The van der Waals surface area contributed by atoms with Gasteiger partial charge in [-0.2, -0.15) is 0 Å². The van der Waals surface area contributed by atoms with Crippen LogP contribution in [-0.4, -0.2) is 15.9 Å². The van der Waals surface area contributed by atoms with Gasteiger partial charge in [-0.15, -0.1) is 29.3 Å². The Kier molecular flexibility index (Phi) is 12.1. The predicted molar refractivity (Wildman–Crippen MR) is 221 cm³/mol. The number of ketones is 1. The van der Waals surface area contributed by atoms with Crippen LogP contribution in [0.2, 0.25) is 0 Å². The van der Waals surface area contributed by atoms with E-state index in [0.29, 0.717) is 5.92 Å². The first kappa shape index (κ1) is 40.3. The molecular weight excluding hydrogens is 827 g/mol. The summed E-state index contributed by atoms with van der Waals surface area (Å²) >= 11 is 0. The summed E-state index contributed by atoms with van der Waals surface area (Å²) in [6.07, 6.45) is 4.91. The number of rotatable bonds is 9. The van der Waals surface area contributed by atoms with Crippen LogP contribution in [0.15, 0.2) is 90.7 Å². The Morgan fingerprint density at radius 1 is 0.755 bits per heavy atom. The van der Waals surface area contributed by atoms with Crippen LogP contribution in [0.5, 0.6) is 0 Å². The minimum absolute atomic E-state index is 0. The molecule has 2 aliphatic carbocycles. The van der Waals surface area contributed by atoms with Crippen LogP contribution < -0.4 is 0 Å². The van der Waals surface area contributed by atoms with E-state index in [1.165, 1.54) is 61.2 Å². The zero-order valence-electron chi connectivity index (χ0n) is 33.3. The molecule has 0 aliphatic heterocycles.